The summed E-state index contributed by atoms with van der Waals surface area (Å²) < 4.78 is 12.6. The van der Waals surface area contributed by atoms with Crippen molar-refractivity contribution in [3.63, 3.8) is 0 Å². The van der Waals surface area contributed by atoms with Crippen LogP contribution in [-0.4, -0.2) is 6.04 Å². The normalized spacial score (nSPS) is 14.4. The molecule has 1 atom stereocenters. The number of hydrogen-bond donors (Lipinski definition) is 0. The minimum atomic E-state index is 0.167. The highest BCUT2D eigenvalue weighted by molar-refractivity contribution is 6.09. The van der Waals surface area contributed by atoms with E-state index in [0.717, 1.165) is 67.0 Å². The Kier molecular flexibility index (Phi) is 6.95. The van der Waals surface area contributed by atoms with Crippen molar-refractivity contribution in [1.82, 2.24) is 0 Å². The molecule has 2 heterocycles. The third-order valence-corrected chi connectivity index (χ3v) is 10.2. The zero-order valence-electron chi connectivity index (χ0n) is 27.9. The first kappa shape index (κ1) is 29.3. The third-order valence-electron chi connectivity index (χ3n) is 10.2. The molecule has 0 saturated carbocycles. The lowest BCUT2D eigenvalue weighted by Gasteiger charge is -2.33. The maximum Gasteiger partial charge on any atom is 0.136 e. The molecular formula is C48H33NO2. The van der Waals surface area contributed by atoms with Crippen LogP contribution in [0.1, 0.15) is 12.0 Å². The van der Waals surface area contributed by atoms with E-state index in [9.17, 15) is 0 Å². The second-order valence-corrected chi connectivity index (χ2v) is 13.2. The van der Waals surface area contributed by atoms with Gasteiger partial charge >= 0.3 is 0 Å². The van der Waals surface area contributed by atoms with E-state index in [2.05, 4.69) is 175 Å². The van der Waals surface area contributed by atoms with Crippen LogP contribution in [0.4, 0.5) is 11.4 Å². The minimum Gasteiger partial charge on any atom is -0.456 e. The number of hydrogen-bond acceptors (Lipinski definition) is 3. The molecule has 51 heavy (non-hydrogen) atoms. The predicted molar refractivity (Wildman–Crippen MR) is 212 cm³/mol. The van der Waals surface area contributed by atoms with E-state index in [-0.39, 0.29) is 6.04 Å². The molecule has 9 aromatic rings. The molecule has 10 rings (SSSR count). The lowest BCUT2D eigenvalue weighted by Crippen LogP contribution is -2.30. The van der Waals surface area contributed by atoms with Gasteiger partial charge in [0.2, 0.25) is 0 Å². The fourth-order valence-electron chi connectivity index (χ4n) is 7.75. The van der Waals surface area contributed by atoms with Crippen molar-refractivity contribution < 1.29 is 8.83 Å². The summed E-state index contributed by atoms with van der Waals surface area (Å²) in [6, 6.07) is 58.1. The van der Waals surface area contributed by atoms with Gasteiger partial charge in [-0.2, -0.15) is 0 Å². The second-order valence-electron chi connectivity index (χ2n) is 13.2. The van der Waals surface area contributed by atoms with Gasteiger partial charge in [0.15, 0.2) is 0 Å². The Morgan fingerprint density at radius 1 is 0.431 bits per heavy atom. The van der Waals surface area contributed by atoms with Gasteiger partial charge in [-0.05, 0) is 107 Å². The summed E-state index contributed by atoms with van der Waals surface area (Å²) in [5.41, 5.74) is 13.0. The first-order valence-electron chi connectivity index (χ1n) is 17.5. The van der Waals surface area contributed by atoms with Gasteiger partial charge in [-0.3, -0.25) is 0 Å². The van der Waals surface area contributed by atoms with E-state index in [1.807, 2.05) is 12.1 Å². The van der Waals surface area contributed by atoms with Gasteiger partial charge in [0.1, 0.15) is 22.3 Å². The average molecular weight is 656 g/mol. The Hall–Kier alpha value is -6.58. The van der Waals surface area contributed by atoms with Crippen molar-refractivity contribution in [3.05, 3.63) is 188 Å². The van der Waals surface area contributed by atoms with E-state index in [1.165, 1.54) is 28.1 Å². The second kappa shape index (κ2) is 12.1. The van der Waals surface area contributed by atoms with Gasteiger partial charge in [0, 0.05) is 32.9 Å². The van der Waals surface area contributed by atoms with Crippen molar-refractivity contribution in [2.75, 3.05) is 4.90 Å². The largest absolute Gasteiger partial charge is 0.456 e. The third kappa shape index (κ3) is 5.14. The summed E-state index contributed by atoms with van der Waals surface area (Å²) in [4.78, 5) is 2.44. The molecule has 0 fully saturated rings. The van der Waals surface area contributed by atoms with Crippen molar-refractivity contribution in [1.29, 1.82) is 0 Å². The summed E-state index contributed by atoms with van der Waals surface area (Å²) in [6.45, 7) is 0. The van der Waals surface area contributed by atoms with E-state index >= 15 is 0 Å². The highest BCUT2D eigenvalue weighted by Gasteiger charge is 2.22. The fraction of sp³-hybridized carbons (Fsp3) is 0.0417. The molecular weight excluding hydrogens is 623 g/mol. The number of anilines is 2. The number of fused-ring (bicyclic) bond motifs is 6. The van der Waals surface area contributed by atoms with E-state index in [4.69, 9.17) is 8.83 Å². The molecule has 0 radical (unpaired) electrons. The van der Waals surface area contributed by atoms with Crippen LogP contribution in [-0.2, 0) is 0 Å². The summed E-state index contributed by atoms with van der Waals surface area (Å²) in [5.74, 6) is 0. The molecule has 2 aromatic heterocycles. The summed E-state index contributed by atoms with van der Waals surface area (Å²) in [6.07, 6.45) is 7.94. The maximum atomic E-state index is 6.37. The smallest absolute Gasteiger partial charge is 0.136 e. The van der Waals surface area contributed by atoms with Gasteiger partial charge in [0.25, 0.3) is 0 Å². The zero-order chi connectivity index (χ0) is 33.7. The van der Waals surface area contributed by atoms with E-state index in [1.54, 1.807) is 0 Å². The maximum absolute atomic E-state index is 6.37. The van der Waals surface area contributed by atoms with Crippen LogP contribution in [0.25, 0.3) is 71.7 Å². The summed E-state index contributed by atoms with van der Waals surface area (Å²) in [5, 5.41) is 4.48. The highest BCUT2D eigenvalue weighted by atomic mass is 16.3. The number of rotatable bonds is 6. The van der Waals surface area contributed by atoms with Crippen LogP contribution in [0.15, 0.2) is 191 Å². The first-order valence-corrected chi connectivity index (χ1v) is 17.5. The first-order chi connectivity index (χ1) is 25.3. The van der Waals surface area contributed by atoms with Gasteiger partial charge in [-0.15, -0.1) is 0 Å². The summed E-state index contributed by atoms with van der Waals surface area (Å²) >= 11 is 0. The quantitative estimate of drug-likeness (QED) is 0.179. The predicted octanol–water partition coefficient (Wildman–Crippen LogP) is 13.4. The SMILES string of the molecule is C1=CC(c2ccccc2-c2ccc3oc4ccc(-c5ccc6c(c5)oc5ccccc56)cc4c3c2)=CC(N(c2ccccc2)c2ccccc2)C1. The standard InChI is InChI=1S/C48H33NO2/c1-3-13-36(14-4-1)49(37-15-5-2-6-16-37)38-17-11-12-34(28-38)39-18-7-8-19-40(39)35-24-27-47-44(30-35)43-29-32(23-26-46(43)50-47)33-22-25-42-41-20-9-10-21-45(41)51-48(42)31-33/h1-16,18-31,38H,17H2. The lowest BCUT2D eigenvalue weighted by atomic mass is 9.89. The monoisotopic (exact) mass is 655 g/mol. The van der Waals surface area contributed by atoms with Crippen LogP contribution in [0.2, 0.25) is 0 Å². The van der Waals surface area contributed by atoms with Crippen LogP contribution in [0, 0.1) is 0 Å². The molecule has 3 heteroatoms. The number of furan rings is 2. The summed E-state index contributed by atoms with van der Waals surface area (Å²) in [7, 11) is 0. The fourth-order valence-corrected chi connectivity index (χ4v) is 7.75. The van der Waals surface area contributed by atoms with Crippen LogP contribution < -0.4 is 4.90 Å². The average Bonchev–Trinajstić information content (AvgIpc) is 3.76. The van der Waals surface area contributed by atoms with Gasteiger partial charge in [0.05, 0.1) is 6.04 Å². The van der Waals surface area contributed by atoms with E-state index < -0.39 is 0 Å². The Bertz CT molecular complexity index is 2750. The number of allylic oxidation sites excluding steroid dienone is 2. The molecule has 1 aliphatic carbocycles. The number of para-hydroxylation sites is 3. The van der Waals surface area contributed by atoms with Gasteiger partial charge < -0.3 is 13.7 Å². The van der Waals surface area contributed by atoms with Gasteiger partial charge in [-0.25, -0.2) is 0 Å². The number of benzene rings is 7. The highest BCUT2D eigenvalue weighted by Crippen LogP contribution is 2.40. The molecule has 0 bridgehead atoms. The van der Waals surface area contributed by atoms with E-state index in [0.29, 0.717) is 0 Å². The molecule has 242 valence electrons. The molecule has 1 aliphatic rings. The topological polar surface area (TPSA) is 29.5 Å². The molecule has 3 nitrogen and oxygen atoms in total. The van der Waals surface area contributed by atoms with Crippen molar-refractivity contribution in [3.8, 4) is 22.3 Å². The Morgan fingerprint density at radius 3 is 1.75 bits per heavy atom. The van der Waals surface area contributed by atoms with Gasteiger partial charge in [-0.1, -0.05) is 115 Å². The molecule has 0 N–H and O–H groups in total. The Balaban J connectivity index is 1.04. The van der Waals surface area contributed by atoms with Crippen LogP contribution in [0.3, 0.4) is 0 Å². The molecule has 1 unspecified atom stereocenters. The molecule has 0 aliphatic heterocycles. The molecule has 0 saturated heterocycles. The zero-order valence-corrected chi connectivity index (χ0v) is 27.9. The number of nitrogens with zero attached hydrogens (tertiary/aromatic N) is 1. The molecule has 7 aromatic carbocycles. The lowest BCUT2D eigenvalue weighted by molar-refractivity contribution is 0.669. The Labute approximate surface area is 296 Å². The van der Waals surface area contributed by atoms with Crippen molar-refractivity contribution in [2.45, 2.75) is 12.5 Å². The Morgan fingerprint density at radius 2 is 0.980 bits per heavy atom. The molecule has 0 amide bonds. The van der Waals surface area contributed by atoms with Crippen molar-refractivity contribution >= 4 is 60.8 Å². The van der Waals surface area contributed by atoms with Crippen LogP contribution >= 0.6 is 0 Å². The minimum absolute atomic E-state index is 0.167. The van der Waals surface area contributed by atoms with Crippen LogP contribution in [0.5, 0.6) is 0 Å². The molecule has 0 spiro atoms. The van der Waals surface area contributed by atoms with Crippen molar-refractivity contribution in [2.24, 2.45) is 0 Å².